The molecule has 0 saturated carbocycles. The van der Waals surface area contributed by atoms with Crippen LogP contribution in [0.4, 0.5) is 0 Å². The summed E-state index contributed by atoms with van der Waals surface area (Å²) in [5.74, 6) is 0.869. The van der Waals surface area contributed by atoms with E-state index in [-0.39, 0.29) is 6.04 Å². The second-order valence-corrected chi connectivity index (χ2v) is 5.76. The molecule has 0 bridgehead atoms. The van der Waals surface area contributed by atoms with Crippen molar-refractivity contribution in [2.75, 3.05) is 0 Å². The molecule has 0 spiro atoms. The molecule has 1 heterocycles. The Hall–Kier alpha value is -1.33. The molecule has 0 saturated heterocycles. The van der Waals surface area contributed by atoms with Gasteiger partial charge >= 0.3 is 0 Å². The van der Waals surface area contributed by atoms with Gasteiger partial charge in [0.25, 0.3) is 0 Å². The fourth-order valence-electron chi connectivity index (χ4n) is 2.03. The first-order valence-electron chi connectivity index (χ1n) is 6.77. The highest BCUT2D eigenvalue weighted by molar-refractivity contribution is 9.10. The van der Waals surface area contributed by atoms with E-state index >= 15 is 0 Å². The molecule has 0 aliphatic rings. The Morgan fingerprint density at radius 1 is 1.45 bits per heavy atom. The van der Waals surface area contributed by atoms with E-state index in [1.165, 1.54) is 0 Å². The zero-order valence-corrected chi connectivity index (χ0v) is 13.4. The van der Waals surface area contributed by atoms with Crippen molar-refractivity contribution in [3.63, 3.8) is 0 Å². The van der Waals surface area contributed by atoms with Gasteiger partial charge in [0.15, 0.2) is 0 Å². The highest BCUT2D eigenvalue weighted by atomic mass is 79.9. The smallest absolute Gasteiger partial charge is 0.137 e. The van der Waals surface area contributed by atoms with Crippen molar-refractivity contribution in [2.24, 2.45) is 5.73 Å². The summed E-state index contributed by atoms with van der Waals surface area (Å²) in [6, 6.07) is 6.15. The zero-order valence-electron chi connectivity index (χ0n) is 11.8. The van der Waals surface area contributed by atoms with E-state index in [0.29, 0.717) is 6.61 Å². The van der Waals surface area contributed by atoms with Crippen LogP contribution in [0.5, 0.6) is 5.75 Å². The van der Waals surface area contributed by atoms with Gasteiger partial charge < -0.3 is 10.5 Å². The monoisotopic (exact) mass is 337 g/mol. The Bertz CT molecular complexity index is 566. The van der Waals surface area contributed by atoms with Crippen molar-refractivity contribution in [1.82, 2.24) is 9.78 Å². The predicted molar refractivity (Wildman–Crippen MR) is 83.7 cm³/mol. The molecule has 0 aliphatic carbocycles. The van der Waals surface area contributed by atoms with Crippen molar-refractivity contribution in [2.45, 2.75) is 39.5 Å². The van der Waals surface area contributed by atoms with Crippen LogP contribution in [-0.2, 0) is 19.6 Å². The molecule has 0 amide bonds. The van der Waals surface area contributed by atoms with E-state index in [2.05, 4.69) is 34.0 Å². The van der Waals surface area contributed by atoms with Crippen molar-refractivity contribution in [3.8, 4) is 5.75 Å². The Labute approximate surface area is 128 Å². The van der Waals surface area contributed by atoms with Crippen LogP contribution in [0, 0.1) is 0 Å². The second-order valence-electron chi connectivity index (χ2n) is 4.90. The number of ether oxygens (including phenoxy) is 1. The second kappa shape index (κ2) is 6.90. The van der Waals surface area contributed by atoms with E-state index in [1.807, 2.05) is 36.1 Å². The van der Waals surface area contributed by atoms with Gasteiger partial charge in [-0.15, -0.1) is 0 Å². The molecule has 20 heavy (non-hydrogen) atoms. The predicted octanol–water partition coefficient (Wildman–Crippen LogP) is 3.13. The van der Waals surface area contributed by atoms with Crippen molar-refractivity contribution in [3.05, 3.63) is 46.2 Å². The molecule has 2 N–H and O–H groups in total. The molecule has 5 heteroatoms. The summed E-state index contributed by atoms with van der Waals surface area (Å²) < 4.78 is 8.80. The van der Waals surface area contributed by atoms with Crippen LogP contribution in [0.15, 0.2) is 35.1 Å². The van der Waals surface area contributed by atoms with E-state index < -0.39 is 0 Å². The number of benzene rings is 1. The van der Waals surface area contributed by atoms with Gasteiger partial charge in [0.05, 0.1) is 10.7 Å². The Morgan fingerprint density at radius 2 is 2.25 bits per heavy atom. The molecule has 0 radical (unpaired) electrons. The molecule has 1 atom stereocenters. The average Bonchev–Trinajstić information content (AvgIpc) is 2.85. The first-order chi connectivity index (χ1) is 9.60. The van der Waals surface area contributed by atoms with Gasteiger partial charge in [-0.2, -0.15) is 5.10 Å². The lowest BCUT2D eigenvalue weighted by molar-refractivity contribution is 0.300. The molecule has 2 aromatic rings. The molecule has 0 aliphatic heterocycles. The van der Waals surface area contributed by atoms with E-state index in [1.54, 1.807) is 0 Å². The van der Waals surface area contributed by atoms with Gasteiger partial charge in [-0.3, -0.25) is 4.68 Å². The Kier molecular flexibility index (Phi) is 5.20. The highest BCUT2D eigenvalue weighted by Crippen LogP contribution is 2.30. The summed E-state index contributed by atoms with van der Waals surface area (Å²) in [4.78, 5) is 0. The Balaban J connectivity index is 2.11. The molecule has 108 valence electrons. The van der Waals surface area contributed by atoms with Crippen LogP contribution in [0.3, 0.4) is 0 Å². The van der Waals surface area contributed by atoms with Crippen molar-refractivity contribution < 1.29 is 4.74 Å². The molecular formula is C15H20BrN3O. The highest BCUT2D eigenvalue weighted by Gasteiger charge is 2.10. The van der Waals surface area contributed by atoms with E-state index in [4.69, 9.17) is 10.5 Å². The normalized spacial score (nSPS) is 12.4. The van der Waals surface area contributed by atoms with Crippen LogP contribution >= 0.6 is 15.9 Å². The number of hydrogen-bond donors (Lipinski definition) is 1. The van der Waals surface area contributed by atoms with Gasteiger partial charge in [-0.1, -0.05) is 12.1 Å². The summed E-state index contributed by atoms with van der Waals surface area (Å²) >= 11 is 3.54. The quantitative estimate of drug-likeness (QED) is 0.880. The van der Waals surface area contributed by atoms with Gasteiger partial charge in [0, 0.05) is 24.3 Å². The maximum atomic E-state index is 5.96. The molecule has 1 aromatic carbocycles. The topological polar surface area (TPSA) is 53.1 Å². The van der Waals surface area contributed by atoms with Crippen LogP contribution < -0.4 is 10.5 Å². The van der Waals surface area contributed by atoms with Gasteiger partial charge in [0.1, 0.15) is 12.4 Å². The molecule has 2 rings (SSSR count). The number of halogens is 1. The summed E-state index contributed by atoms with van der Waals surface area (Å²) in [6.45, 7) is 5.43. The average molecular weight is 338 g/mol. The molecule has 0 fully saturated rings. The van der Waals surface area contributed by atoms with Crippen molar-refractivity contribution >= 4 is 15.9 Å². The maximum absolute atomic E-state index is 5.96. The third-order valence-corrected chi connectivity index (χ3v) is 3.61. The number of aryl methyl sites for hydroxylation is 1. The maximum Gasteiger partial charge on any atom is 0.137 e. The van der Waals surface area contributed by atoms with E-state index in [9.17, 15) is 0 Å². The van der Waals surface area contributed by atoms with Gasteiger partial charge in [0.2, 0.25) is 0 Å². The molecule has 4 nitrogen and oxygen atoms in total. The number of rotatable bonds is 6. The lowest BCUT2D eigenvalue weighted by Crippen LogP contribution is -2.18. The van der Waals surface area contributed by atoms with Crippen LogP contribution in [0.1, 0.15) is 25.0 Å². The van der Waals surface area contributed by atoms with Gasteiger partial charge in [-0.25, -0.2) is 0 Å². The largest absolute Gasteiger partial charge is 0.487 e. The first kappa shape index (κ1) is 15.1. The molecule has 1 aromatic heterocycles. The van der Waals surface area contributed by atoms with E-state index in [0.717, 1.165) is 34.3 Å². The standard InChI is InChI=1S/C15H20BrN3O/c1-3-19-9-12(8-18-19)10-20-15-13(7-11(2)17)5-4-6-14(15)16/h4-6,8-9,11H,3,7,10,17H2,1-2H3. The number of nitrogens with zero attached hydrogens (tertiary/aromatic N) is 2. The summed E-state index contributed by atoms with van der Waals surface area (Å²) in [7, 11) is 0. The number of nitrogens with two attached hydrogens (primary N) is 1. The van der Waals surface area contributed by atoms with Crippen LogP contribution in [0.2, 0.25) is 0 Å². The van der Waals surface area contributed by atoms with Crippen LogP contribution in [0.25, 0.3) is 0 Å². The number of hydrogen-bond acceptors (Lipinski definition) is 3. The fraction of sp³-hybridized carbons (Fsp3) is 0.400. The fourth-order valence-corrected chi connectivity index (χ4v) is 2.55. The lowest BCUT2D eigenvalue weighted by Gasteiger charge is -2.14. The number of aromatic nitrogens is 2. The number of para-hydroxylation sites is 1. The minimum Gasteiger partial charge on any atom is -0.487 e. The molecular weight excluding hydrogens is 318 g/mol. The minimum atomic E-state index is 0.106. The van der Waals surface area contributed by atoms with Crippen molar-refractivity contribution in [1.29, 1.82) is 0 Å². The third kappa shape index (κ3) is 3.84. The summed E-state index contributed by atoms with van der Waals surface area (Å²) in [6.07, 6.45) is 4.64. The Morgan fingerprint density at radius 3 is 2.90 bits per heavy atom. The minimum absolute atomic E-state index is 0.106. The van der Waals surface area contributed by atoms with Crippen LogP contribution in [-0.4, -0.2) is 15.8 Å². The van der Waals surface area contributed by atoms with Gasteiger partial charge in [-0.05, 0) is 47.8 Å². The zero-order chi connectivity index (χ0) is 14.5. The summed E-state index contributed by atoms with van der Waals surface area (Å²) in [5.41, 5.74) is 8.07. The molecule has 1 unspecified atom stereocenters. The SMILES string of the molecule is CCn1cc(COc2c(Br)cccc2CC(C)N)cn1. The summed E-state index contributed by atoms with van der Waals surface area (Å²) in [5, 5.41) is 4.25. The first-order valence-corrected chi connectivity index (χ1v) is 7.56. The lowest BCUT2D eigenvalue weighted by atomic mass is 10.1. The third-order valence-electron chi connectivity index (χ3n) is 2.98.